The molecule has 25 heavy (non-hydrogen) atoms. The molecule has 1 unspecified atom stereocenters. The first kappa shape index (κ1) is 19.7. The van der Waals surface area contributed by atoms with Crippen LogP contribution in [0.3, 0.4) is 0 Å². The zero-order valence-electron chi connectivity index (χ0n) is 14.1. The summed E-state index contributed by atoms with van der Waals surface area (Å²) in [4.78, 5) is 0. The van der Waals surface area contributed by atoms with Gasteiger partial charge in [0.2, 0.25) is 0 Å². The van der Waals surface area contributed by atoms with E-state index in [4.69, 9.17) is 9.47 Å². The van der Waals surface area contributed by atoms with Crippen LogP contribution in [0.2, 0.25) is 0 Å². The zero-order valence-corrected chi connectivity index (χ0v) is 14.9. The summed E-state index contributed by atoms with van der Waals surface area (Å²) in [6.07, 6.45) is -0.203. The van der Waals surface area contributed by atoms with Crippen LogP contribution in [-0.2, 0) is 16.8 Å². The van der Waals surface area contributed by atoms with Gasteiger partial charge in [-0.15, -0.1) is 12.4 Å². The minimum absolute atomic E-state index is 0. The first-order valence-electron chi connectivity index (χ1n) is 8.06. The normalized spacial score (nSPS) is 19.6. The van der Waals surface area contributed by atoms with E-state index in [1.807, 2.05) is 24.3 Å². The van der Waals surface area contributed by atoms with Crippen molar-refractivity contribution in [1.29, 1.82) is 0 Å². The maximum atomic E-state index is 13.8. The smallest absolute Gasteiger partial charge is 0.123 e. The molecule has 1 saturated heterocycles. The van der Waals surface area contributed by atoms with Gasteiger partial charge < -0.3 is 19.9 Å². The summed E-state index contributed by atoms with van der Waals surface area (Å²) in [6.45, 7) is 1.75. The monoisotopic (exact) mass is 367 g/mol. The van der Waals surface area contributed by atoms with Gasteiger partial charge in [0.25, 0.3) is 0 Å². The summed E-state index contributed by atoms with van der Waals surface area (Å²) in [7, 11) is 1.60. The summed E-state index contributed by atoms with van der Waals surface area (Å²) >= 11 is 0. The van der Waals surface area contributed by atoms with Gasteiger partial charge in [0.05, 0.1) is 13.7 Å². The maximum absolute atomic E-state index is 13.8. The molecule has 1 fully saturated rings. The van der Waals surface area contributed by atoms with Crippen molar-refractivity contribution in [1.82, 2.24) is 5.32 Å². The summed E-state index contributed by atoms with van der Waals surface area (Å²) in [5, 5.41) is 14.7. The molecule has 0 bridgehead atoms. The quantitative estimate of drug-likeness (QED) is 0.853. The van der Waals surface area contributed by atoms with Crippen LogP contribution in [0.5, 0.6) is 5.75 Å². The Labute approximate surface area is 153 Å². The van der Waals surface area contributed by atoms with Gasteiger partial charge in [-0.05, 0) is 29.3 Å². The number of hydrogen-bond acceptors (Lipinski definition) is 4. The highest BCUT2D eigenvalue weighted by atomic mass is 35.5. The largest absolute Gasteiger partial charge is 0.496 e. The number of rotatable bonds is 5. The molecule has 3 rings (SSSR count). The maximum Gasteiger partial charge on any atom is 0.123 e. The van der Waals surface area contributed by atoms with Gasteiger partial charge in [-0.2, -0.15) is 0 Å². The SMILES string of the molecule is COc1ccccc1C[C@@](O)(c1cccc(F)c1)C1CNCCO1.Cl. The van der Waals surface area contributed by atoms with Crippen molar-refractivity contribution in [3.63, 3.8) is 0 Å². The van der Waals surface area contributed by atoms with Crippen LogP contribution < -0.4 is 10.1 Å². The molecular weight excluding hydrogens is 345 g/mol. The van der Waals surface area contributed by atoms with Crippen LogP contribution >= 0.6 is 12.4 Å². The van der Waals surface area contributed by atoms with E-state index >= 15 is 0 Å². The van der Waals surface area contributed by atoms with E-state index in [1.165, 1.54) is 12.1 Å². The third-order valence-corrected chi connectivity index (χ3v) is 4.44. The van der Waals surface area contributed by atoms with E-state index in [2.05, 4.69) is 5.32 Å². The van der Waals surface area contributed by atoms with Crippen molar-refractivity contribution in [3.05, 3.63) is 65.5 Å². The number of ether oxygens (including phenoxy) is 2. The third-order valence-electron chi connectivity index (χ3n) is 4.44. The second-order valence-electron chi connectivity index (χ2n) is 5.99. The van der Waals surface area contributed by atoms with Gasteiger partial charge in [0.1, 0.15) is 23.3 Å². The Morgan fingerprint density at radius 3 is 2.76 bits per heavy atom. The van der Waals surface area contributed by atoms with Gasteiger partial charge in [-0.3, -0.25) is 0 Å². The van der Waals surface area contributed by atoms with Crippen LogP contribution in [-0.4, -0.2) is 38.0 Å². The van der Waals surface area contributed by atoms with E-state index in [1.54, 1.807) is 19.2 Å². The Balaban J connectivity index is 0.00000225. The lowest BCUT2D eigenvalue weighted by Crippen LogP contribution is -2.52. The average molecular weight is 368 g/mol. The van der Waals surface area contributed by atoms with E-state index < -0.39 is 11.7 Å². The standard InChI is InChI=1S/C19H22FNO3.ClH/c1-23-17-8-3-2-5-14(17)12-19(22,18-13-21-9-10-24-18)15-6-4-7-16(20)11-15;/h2-8,11,18,21-22H,9-10,12-13H2,1H3;1H/t18?,19-;/m1./s1. The number of halogens is 2. The second kappa shape index (κ2) is 8.63. The van der Waals surface area contributed by atoms with Gasteiger partial charge in [-0.25, -0.2) is 4.39 Å². The minimum atomic E-state index is -1.36. The molecule has 2 aromatic rings. The Morgan fingerprint density at radius 1 is 1.28 bits per heavy atom. The summed E-state index contributed by atoms with van der Waals surface area (Å²) in [6, 6.07) is 13.6. The molecule has 0 saturated carbocycles. The highest BCUT2D eigenvalue weighted by Gasteiger charge is 2.41. The molecule has 1 heterocycles. The molecule has 0 amide bonds. The number of benzene rings is 2. The third kappa shape index (κ3) is 4.30. The van der Waals surface area contributed by atoms with Crippen LogP contribution in [0, 0.1) is 5.82 Å². The van der Waals surface area contributed by atoms with Crippen molar-refractivity contribution < 1.29 is 19.0 Å². The first-order valence-corrected chi connectivity index (χ1v) is 8.06. The van der Waals surface area contributed by atoms with Crippen molar-refractivity contribution in [3.8, 4) is 5.75 Å². The van der Waals surface area contributed by atoms with Crippen LogP contribution in [0.4, 0.5) is 4.39 Å². The van der Waals surface area contributed by atoms with Crippen molar-refractivity contribution in [2.24, 2.45) is 0 Å². The number of para-hydroxylation sites is 1. The Hall–Kier alpha value is -1.66. The average Bonchev–Trinajstić information content (AvgIpc) is 2.63. The van der Waals surface area contributed by atoms with E-state index in [9.17, 15) is 9.50 Å². The van der Waals surface area contributed by atoms with Gasteiger partial charge in [0, 0.05) is 19.5 Å². The van der Waals surface area contributed by atoms with Gasteiger partial charge >= 0.3 is 0 Å². The van der Waals surface area contributed by atoms with Crippen LogP contribution in [0.1, 0.15) is 11.1 Å². The number of hydrogen-bond donors (Lipinski definition) is 2. The van der Waals surface area contributed by atoms with E-state index in [0.717, 1.165) is 12.1 Å². The molecule has 4 nitrogen and oxygen atoms in total. The highest BCUT2D eigenvalue weighted by molar-refractivity contribution is 5.85. The van der Waals surface area contributed by atoms with Gasteiger partial charge in [-0.1, -0.05) is 30.3 Å². The molecule has 0 spiro atoms. The van der Waals surface area contributed by atoms with Gasteiger partial charge in [0.15, 0.2) is 0 Å². The molecule has 6 heteroatoms. The number of morpholine rings is 1. The van der Waals surface area contributed by atoms with E-state index in [-0.39, 0.29) is 24.6 Å². The minimum Gasteiger partial charge on any atom is -0.496 e. The lowest BCUT2D eigenvalue weighted by Gasteiger charge is -2.39. The zero-order chi connectivity index (χ0) is 17.0. The lowest BCUT2D eigenvalue weighted by atomic mass is 9.81. The summed E-state index contributed by atoms with van der Waals surface area (Å²) < 4.78 is 25.0. The highest BCUT2D eigenvalue weighted by Crippen LogP contribution is 2.35. The summed E-state index contributed by atoms with van der Waals surface area (Å²) in [5.74, 6) is 0.311. The number of nitrogens with one attached hydrogen (secondary N) is 1. The molecule has 136 valence electrons. The molecule has 2 N–H and O–H groups in total. The molecule has 1 aliphatic rings. The molecule has 0 aromatic heterocycles. The fraction of sp³-hybridized carbons (Fsp3) is 0.368. The fourth-order valence-corrected chi connectivity index (χ4v) is 3.17. The van der Waals surface area contributed by atoms with E-state index in [0.29, 0.717) is 24.5 Å². The predicted molar refractivity (Wildman–Crippen MR) is 96.9 cm³/mol. The lowest BCUT2D eigenvalue weighted by molar-refractivity contribution is -0.124. The molecule has 2 aromatic carbocycles. The second-order valence-corrected chi connectivity index (χ2v) is 5.99. The van der Waals surface area contributed by atoms with Crippen LogP contribution in [0.15, 0.2) is 48.5 Å². The Kier molecular flexibility index (Phi) is 6.79. The molecular formula is C19H23ClFNO3. The predicted octanol–water partition coefficient (Wildman–Crippen LogP) is 2.67. The fourth-order valence-electron chi connectivity index (χ4n) is 3.17. The number of methoxy groups -OCH3 is 1. The van der Waals surface area contributed by atoms with Crippen LogP contribution in [0.25, 0.3) is 0 Å². The number of aliphatic hydroxyl groups is 1. The van der Waals surface area contributed by atoms with Crippen molar-refractivity contribution in [2.75, 3.05) is 26.8 Å². The first-order chi connectivity index (χ1) is 11.6. The summed E-state index contributed by atoms with van der Waals surface area (Å²) in [5.41, 5.74) is -0.00695. The van der Waals surface area contributed by atoms with Crippen molar-refractivity contribution in [2.45, 2.75) is 18.1 Å². The molecule has 1 aliphatic heterocycles. The van der Waals surface area contributed by atoms with Crippen molar-refractivity contribution >= 4 is 12.4 Å². The molecule has 0 radical (unpaired) electrons. The Bertz CT molecular complexity index is 694. The Morgan fingerprint density at radius 2 is 2.08 bits per heavy atom. The molecule has 0 aliphatic carbocycles. The molecule has 2 atom stereocenters. The topological polar surface area (TPSA) is 50.7 Å².